The summed E-state index contributed by atoms with van der Waals surface area (Å²) in [6, 6.07) is 17.7. The first-order valence-electron chi connectivity index (χ1n) is 9.75. The average Bonchev–Trinajstić information content (AvgIpc) is 3.43. The van der Waals surface area contributed by atoms with Gasteiger partial charge in [0.1, 0.15) is 21.9 Å². The maximum absolute atomic E-state index is 13.2. The lowest BCUT2D eigenvalue weighted by Gasteiger charge is -2.09. The number of aryl methyl sites for hydroxylation is 1. The number of fused-ring (bicyclic) bond motifs is 3. The Morgan fingerprint density at radius 2 is 1.90 bits per heavy atom. The van der Waals surface area contributed by atoms with Gasteiger partial charge >= 0.3 is 0 Å². The van der Waals surface area contributed by atoms with Gasteiger partial charge in [0, 0.05) is 15.8 Å². The van der Waals surface area contributed by atoms with Crippen LogP contribution in [-0.4, -0.2) is 20.4 Å². The van der Waals surface area contributed by atoms with Crippen LogP contribution >= 0.6 is 22.7 Å². The van der Waals surface area contributed by atoms with E-state index in [9.17, 15) is 9.59 Å². The van der Waals surface area contributed by atoms with E-state index in [4.69, 9.17) is 4.98 Å². The molecule has 0 fully saturated rings. The molecule has 1 amide bonds. The molecule has 0 aliphatic rings. The lowest BCUT2D eigenvalue weighted by atomic mass is 10.1. The fourth-order valence-electron chi connectivity index (χ4n) is 3.47. The van der Waals surface area contributed by atoms with Crippen molar-refractivity contribution >= 4 is 49.0 Å². The quantitative estimate of drug-likeness (QED) is 0.435. The molecule has 1 aromatic carbocycles. The fourth-order valence-corrected chi connectivity index (χ4v) is 5.17. The molecule has 8 heteroatoms. The minimum atomic E-state index is -0.217. The largest absolute Gasteiger partial charge is 0.350 e. The number of nitrogens with zero attached hydrogens (tertiary/aromatic N) is 3. The Labute approximate surface area is 185 Å². The number of hydrogen-bond donors (Lipinski definition) is 1. The van der Waals surface area contributed by atoms with Crippen LogP contribution in [0.15, 0.2) is 64.8 Å². The van der Waals surface area contributed by atoms with E-state index in [1.54, 1.807) is 18.3 Å². The summed E-state index contributed by atoms with van der Waals surface area (Å²) in [6.45, 7) is 2.15. The van der Waals surface area contributed by atoms with E-state index in [1.807, 2.05) is 60.0 Å². The van der Waals surface area contributed by atoms with Crippen molar-refractivity contribution in [3.8, 4) is 11.3 Å². The van der Waals surface area contributed by atoms with Gasteiger partial charge in [-0.15, -0.1) is 22.7 Å². The molecule has 1 N–H and O–H groups in total. The highest BCUT2D eigenvalue weighted by atomic mass is 32.1. The number of amides is 1. The van der Waals surface area contributed by atoms with Crippen molar-refractivity contribution in [3.63, 3.8) is 0 Å². The Balaban J connectivity index is 1.49. The molecule has 0 saturated carbocycles. The number of thiophene rings is 2. The Kier molecular flexibility index (Phi) is 5.09. The van der Waals surface area contributed by atoms with E-state index < -0.39 is 0 Å². The third-order valence-electron chi connectivity index (χ3n) is 5.04. The normalized spacial score (nSPS) is 11.3. The van der Waals surface area contributed by atoms with Crippen molar-refractivity contribution in [1.82, 2.24) is 19.9 Å². The number of carbonyl (C=O) groups excluding carboxylic acids is 1. The van der Waals surface area contributed by atoms with Gasteiger partial charge in [-0.05, 0) is 30.5 Å². The maximum atomic E-state index is 13.2. The highest BCUT2D eigenvalue weighted by molar-refractivity contribution is 7.25. The zero-order chi connectivity index (χ0) is 21.4. The van der Waals surface area contributed by atoms with Crippen LogP contribution in [0.4, 0.5) is 0 Å². The predicted molar refractivity (Wildman–Crippen MR) is 126 cm³/mol. The van der Waals surface area contributed by atoms with Gasteiger partial charge in [0.15, 0.2) is 0 Å². The van der Waals surface area contributed by atoms with Crippen LogP contribution in [0.2, 0.25) is 0 Å². The molecule has 0 aliphatic carbocycles. The van der Waals surface area contributed by atoms with Crippen LogP contribution in [0.3, 0.4) is 0 Å². The number of aromatic nitrogens is 3. The van der Waals surface area contributed by atoms with Crippen LogP contribution in [0.1, 0.15) is 10.7 Å². The second-order valence-electron chi connectivity index (χ2n) is 7.10. The lowest BCUT2D eigenvalue weighted by molar-refractivity contribution is -0.121. The van der Waals surface area contributed by atoms with Crippen LogP contribution in [0.5, 0.6) is 0 Å². The summed E-state index contributed by atoms with van der Waals surface area (Å²) in [6.07, 6.45) is 0. The molecule has 0 spiro atoms. The number of pyridine rings is 1. The molecule has 0 saturated heterocycles. The first kappa shape index (κ1) is 19.6. The molecule has 4 heterocycles. The number of hydrogen-bond acceptors (Lipinski definition) is 6. The lowest BCUT2D eigenvalue weighted by Crippen LogP contribution is -2.33. The van der Waals surface area contributed by atoms with Crippen molar-refractivity contribution in [1.29, 1.82) is 0 Å². The Morgan fingerprint density at radius 3 is 2.68 bits per heavy atom. The number of rotatable bonds is 5. The fraction of sp³-hybridized carbons (Fsp3) is 0.130. The molecule has 5 aromatic rings. The van der Waals surface area contributed by atoms with Gasteiger partial charge in [-0.2, -0.15) is 0 Å². The minimum absolute atomic E-state index is 0.0596. The van der Waals surface area contributed by atoms with Crippen LogP contribution in [0.25, 0.3) is 31.7 Å². The van der Waals surface area contributed by atoms with Gasteiger partial charge < -0.3 is 5.32 Å². The summed E-state index contributed by atoms with van der Waals surface area (Å²) < 4.78 is 1.95. The van der Waals surface area contributed by atoms with Crippen molar-refractivity contribution < 1.29 is 4.79 Å². The average molecular weight is 447 g/mol. The monoisotopic (exact) mass is 446 g/mol. The van der Waals surface area contributed by atoms with Crippen molar-refractivity contribution in [2.75, 3.05) is 0 Å². The van der Waals surface area contributed by atoms with Crippen molar-refractivity contribution in [2.45, 2.75) is 20.0 Å². The molecule has 0 atom stereocenters. The molecule has 4 aromatic heterocycles. The van der Waals surface area contributed by atoms with Gasteiger partial charge in [0.25, 0.3) is 5.56 Å². The number of benzene rings is 1. The van der Waals surface area contributed by atoms with E-state index in [0.717, 1.165) is 26.4 Å². The first-order valence-corrected chi connectivity index (χ1v) is 11.4. The molecule has 6 nitrogen and oxygen atoms in total. The summed E-state index contributed by atoms with van der Waals surface area (Å²) in [4.78, 5) is 36.8. The standard InChI is InChI=1S/C23H18N4O2S2/c1-14-25-20-17-9-10-18(15-6-3-2-4-7-15)26-22(17)31-21(20)23(29)27(14)13-19(28)24-12-16-8-5-11-30-16/h2-11H,12-13H2,1H3,(H,24,28). The summed E-state index contributed by atoms with van der Waals surface area (Å²) in [5, 5.41) is 5.68. The van der Waals surface area contributed by atoms with E-state index in [0.29, 0.717) is 22.6 Å². The summed E-state index contributed by atoms with van der Waals surface area (Å²) in [5.74, 6) is 0.293. The second kappa shape index (κ2) is 8.05. The Hall–Kier alpha value is -3.36. The molecule has 0 aliphatic heterocycles. The molecule has 0 radical (unpaired) electrons. The van der Waals surface area contributed by atoms with Gasteiger partial charge in [-0.25, -0.2) is 9.97 Å². The molecule has 0 bridgehead atoms. The topological polar surface area (TPSA) is 76.9 Å². The summed E-state index contributed by atoms with van der Waals surface area (Å²) >= 11 is 2.90. The van der Waals surface area contributed by atoms with E-state index >= 15 is 0 Å². The summed E-state index contributed by atoms with van der Waals surface area (Å²) in [5.41, 5.74) is 2.30. The molecule has 5 rings (SSSR count). The van der Waals surface area contributed by atoms with Crippen LogP contribution < -0.4 is 10.9 Å². The van der Waals surface area contributed by atoms with Crippen molar-refractivity contribution in [2.24, 2.45) is 0 Å². The first-order chi connectivity index (χ1) is 15.1. The zero-order valence-corrected chi connectivity index (χ0v) is 18.3. The third kappa shape index (κ3) is 3.75. The number of nitrogens with one attached hydrogen (secondary N) is 1. The SMILES string of the molecule is Cc1nc2c(sc3nc(-c4ccccc4)ccc32)c(=O)n1CC(=O)NCc1cccs1. The zero-order valence-electron chi connectivity index (χ0n) is 16.7. The highest BCUT2D eigenvalue weighted by Gasteiger charge is 2.17. The van der Waals surface area contributed by atoms with Gasteiger partial charge in [-0.1, -0.05) is 36.4 Å². The van der Waals surface area contributed by atoms with Crippen LogP contribution in [0, 0.1) is 6.92 Å². The second-order valence-corrected chi connectivity index (χ2v) is 9.13. The van der Waals surface area contributed by atoms with Gasteiger partial charge in [0.05, 0.1) is 17.8 Å². The molecule has 31 heavy (non-hydrogen) atoms. The highest BCUT2D eigenvalue weighted by Crippen LogP contribution is 2.31. The van der Waals surface area contributed by atoms with E-state index in [1.165, 1.54) is 15.9 Å². The molecule has 0 unspecified atom stereocenters. The van der Waals surface area contributed by atoms with Gasteiger partial charge in [-0.3, -0.25) is 14.2 Å². The Morgan fingerprint density at radius 1 is 1.06 bits per heavy atom. The smallest absolute Gasteiger partial charge is 0.272 e. The van der Waals surface area contributed by atoms with Crippen molar-refractivity contribution in [3.05, 3.63) is 81.0 Å². The third-order valence-corrected chi connectivity index (χ3v) is 7.00. The summed E-state index contributed by atoms with van der Waals surface area (Å²) in [7, 11) is 0. The van der Waals surface area contributed by atoms with Gasteiger partial charge in [0.2, 0.25) is 5.91 Å². The van der Waals surface area contributed by atoms with E-state index in [-0.39, 0.29) is 18.0 Å². The molecule has 154 valence electrons. The van der Waals surface area contributed by atoms with Crippen LogP contribution in [-0.2, 0) is 17.9 Å². The Bertz CT molecular complexity index is 1450. The van der Waals surface area contributed by atoms with E-state index in [2.05, 4.69) is 10.3 Å². The maximum Gasteiger partial charge on any atom is 0.272 e. The molecular formula is C23H18N4O2S2. The number of carbonyl (C=O) groups is 1. The molecular weight excluding hydrogens is 428 g/mol. The predicted octanol–water partition coefficient (Wildman–Crippen LogP) is 4.36. The minimum Gasteiger partial charge on any atom is -0.350 e.